The molecule has 126 valence electrons. The van der Waals surface area contributed by atoms with Crippen LogP contribution in [0.1, 0.15) is 50.0 Å². The summed E-state index contributed by atoms with van der Waals surface area (Å²) >= 11 is 0. The zero-order chi connectivity index (χ0) is 16.4. The number of nitrogens with zero attached hydrogens (tertiary/aromatic N) is 2. The Hall–Kier alpha value is -1.98. The van der Waals surface area contributed by atoms with E-state index < -0.39 is 5.60 Å². The van der Waals surface area contributed by atoms with E-state index >= 15 is 0 Å². The van der Waals surface area contributed by atoms with Gasteiger partial charge < -0.3 is 19.5 Å². The Morgan fingerprint density at radius 2 is 2.17 bits per heavy atom. The molecule has 3 rings (SSSR count). The number of carbonyl (C=O) groups is 2. The fourth-order valence-electron chi connectivity index (χ4n) is 3.57. The zero-order valence-electron chi connectivity index (χ0n) is 13.9. The maximum absolute atomic E-state index is 12.4. The summed E-state index contributed by atoms with van der Waals surface area (Å²) in [5, 5.41) is 0. The van der Waals surface area contributed by atoms with Crippen molar-refractivity contribution < 1.29 is 14.3 Å². The lowest BCUT2D eigenvalue weighted by Crippen LogP contribution is -2.49. The minimum Gasteiger partial charge on any atom is -0.441 e. The van der Waals surface area contributed by atoms with Crippen LogP contribution in [0.3, 0.4) is 0 Å². The van der Waals surface area contributed by atoms with Gasteiger partial charge in [-0.2, -0.15) is 0 Å². The van der Waals surface area contributed by atoms with Crippen molar-refractivity contribution in [2.45, 2.75) is 51.2 Å². The number of hydrogen-bond donors (Lipinski definition) is 1. The second-order valence-electron chi connectivity index (χ2n) is 6.69. The fourth-order valence-corrected chi connectivity index (χ4v) is 3.57. The number of carbonyl (C=O) groups excluding carboxylic acids is 2. The number of aromatic nitrogens is 1. The second-order valence-corrected chi connectivity index (χ2v) is 6.69. The molecule has 0 radical (unpaired) electrons. The lowest BCUT2D eigenvalue weighted by molar-refractivity contribution is 0.00292. The Labute approximate surface area is 136 Å². The van der Waals surface area contributed by atoms with Crippen molar-refractivity contribution in [2.75, 3.05) is 19.6 Å². The summed E-state index contributed by atoms with van der Waals surface area (Å²) in [6, 6.07) is 3.83. The summed E-state index contributed by atoms with van der Waals surface area (Å²) in [6.45, 7) is 6.10. The SMILES string of the molecule is CCC[C@@H](C)N1CC2(CCN(C(=O)c3ccc[nH]3)CC2)OC1=O. The summed E-state index contributed by atoms with van der Waals surface area (Å²) in [6.07, 6.45) is 5.01. The highest BCUT2D eigenvalue weighted by atomic mass is 16.6. The van der Waals surface area contributed by atoms with Gasteiger partial charge in [0.05, 0.1) is 6.54 Å². The van der Waals surface area contributed by atoms with E-state index in [-0.39, 0.29) is 18.0 Å². The molecule has 1 atom stereocenters. The van der Waals surface area contributed by atoms with E-state index in [1.54, 1.807) is 12.3 Å². The molecule has 3 heterocycles. The number of H-pyrrole nitrogens is 1. The first-order chi connectivity index (χ1) is 11.0. The van der Waals surface area contributed by atoms with Crippen LogP contribution >= 0.6 is 0 Å². The molecule has 1 N–H and O–H groups in total. The van der Waals surface area contributed by atoms with Crippen molar-refractivity contribution in [3.05, 3.63) is 24.0 Å². The van der Waals surface area contributed by atoms with Crippen LogP contribution < -0.4 is 0 Å². The van der Waals surface area contributed by atoms with E-state index in [1.165, 1.54) is 0 Å². The molecule has 2 aliphatic heterocycles. The average Bonchev–Trinajstić information content (AvgIpc) is 3.16. The molecular weight excluding hydrogens is 294 g/mol. The number of nitrogens with one attached hydrogen (secondary N) is 1. The summed E-state index contributed by atoms with van der Waals surface area (Å²) < 4.78 is 5.73. The molecular formula is C17H25N3O3. The van der Waals surface area contributed by atoms with Gasteiger partial charge in [0.2, 0.25) is 0 Å². The van der Waals surface area contributed by atoms with Crippen molar-refractivity contribution >= 4 is 12.0 Å². The molecule has 6 nitrogen and oxygen atoms in total. The molecule has 2 amide bonds. The first-order valence-corrected chi connectivity index (χ1v) is 8.47. The molecule has 6 heteroatoms. The molecule has 2 aliphatic rings. The highest BCUT2D eigenvalue weighted by Gasteiger charge is 2.48. The topological polar surface area (TPSA) is 65.6 Å². The first-order valence-electron chi connectivity index (χ1n) is 8.47. The zero-order valence-corrected chi connectivity index (χ0v) is 13.9. The Balaban J connectivity index is 1.60. The molecule has 23 heavy (non-hydrogen) atoms. The third-order valence-electron chi connectivity index (χ3n) is 5.03. The van der Waals surface area contributed by atoms with Crippen LogP contribution in [-0.4, -0.2) is 58.1 Å². The van der Waals surface area contributed by atoms with Gasteiger partial charge in [0.1, 0.15) is 11.3 Å². The minimum absolute atomic E-state index is 0.0189. The predicted octanol–water partition coefficient (Wildman–Crippen LogP) is 2.63. The van der Waals surface area contributed by atoms with E-state index in [4.69, 9.17) is 4.74 Å². The summed E-state index contributed by atoms with van der Waals surface area (Å²) in [5.74, 6) is 0.0189. The molecule has 2 saturated heterocycles. The van der Waals surface area contributed by atoms with Crippen molar-refractivity contribution in [1.82, 2.24) is 14.8 Å². The van der Waals surface area contributed by atoms with Gasteiger partial charge in [-0.1, -0.05) is 13.3 Å². The number of amides is 2. The third kappa shape index (κ3) is 3.07. The Morgan fingerprint density at radius 3 is 2.78 bits per heavy atom. The Kier molecular flexibility index (Phi) is 4.33. The minimum atomic E-state index is -0.411. The van der Waals surface area contributed by atoms with Gasteiger partial charge in [-0.25, -0.2) is 4.79 Å². The number of aromatic amines is 1. The van der Waals surface area contributed by atoms with Gasteiger partial charge >= 0.3 is 6.09 Å². The fraction of sp³-hybridized carbons (Fsp3) is 0.647. The van der Waals surface area contributed by atoms with Crippen LogP contribution in [0.2, 0.25) is 0 Å². The molecule has 0 bridgehead atoms. The molecule has 0 aliphatic carbocycles. The molecule has 0 aromatic carbocycles. The maximum atomic E-state index is 12.4. The van der Waals surface area contributed by atoms with Crippen molar-refractivity contribution in [1.29, 1.82) is 0 Å². The molecule has 0 unspecified atom stereocenters. The van der Waals surface area contributed by atoms with Crippen LogP contribution in [-0.2, 0) is 4.74 Å². The van der Waals surface area contributed by atoms with Crippen molar-refractivity contribution in [2.24, 2.45) is 0 Å². The molecule has 2 fully saturated rings. The number of likely N-dealkylation sites (tertiary alicyclic amines) is 1. The number of piperidine rings is 1. The quantitative estimate of drug-likeness (QED) is 0.928. The third-order valence-corrected chi connectivity index (χ3v) is 5.03. The highest BCUT2D eigenvalue weighted by molar-refractivity contribution is 5.92. The normalized spacial score (nSPS) is 21.6. The van der Waals surface area contributed by atoms with Gasteiger partial charge in [0.25, 0.3) is 5.91 Å². The van der Waals surface area contributed by atoms with Gasteiger partial charge in [0, 0.05) is 38.2 Å². The molecule has 1 aromatic heterocycles. The smallest absolute Gasteiger partial charge is 0.410 e. The van der Waals surface area contributed by atoms with Gasteiger partial charge in [-0.15, -0.1) is 0 Å². The van der Waals surface area contributed by atoms with Crippen LogP contribution in [0, 0.1) is 0 Å². The van der Waals surface area contributed by atoms with Crippen LogP contribution in [0.5, 0.6) is 0 Å². The summed E-state index contributed by atoms with van der Waals surface area (Å²) in [5.41, 5.74) is 0.202. The molecule has 0 saturated carbocycles. The van der Waals surface area contributed by atoms with E-state index in [1.807, 2.05) is 15.9 Å². The van der Waals surface area contributed by atoms with Crippen LogP contribution in [0.25, 0.3) is 0 Å². The van der Waals surface area contributed by atoms with E-state index in [9.17, 15) is 9.59 Å². The van der Waals surface area contributed by atoms with Gasteiger partial charge in [0.15, 0.2) is 0 Å². The van der Waals surface area contributed by atoms with Crippen molar-refractivity contribution in [3.8, 4) is 0 Å². The number of hydrogen-bond acceptors (Lipinski definition) is 3. The number of rotatable bonds is 4. The van der Waals surface area contributed by atoms with Crippen molar-refractivity contribution in [3.63, 3.8) is 0 Å². The monoisotopic (exact) mass is 319 g/mol. The predicted molar refractivity (Wildman–Crippen MR) is 86.2 cm³/mol. The first kappa shape index (κ1) is 15.9. The Bertz CT molecular complexity index is 562. The molecule has 1 aromatic rings. The standard InChI is InChI=1S/C17H25N3O3/c1-3-5-13(2)20-12-17(23-16(20)22)7-10-19(11-8-17)15(21)14-6-4-9-18-14/h4,6,9,13,18H,3,5,7-8,10-12H2,1-2H3/t13-/m1/s1. The van der Waals surface area contributed by atoms with E-state index in [0.29, 0.717) is 38.2 Å². The number of ether oxygens (including phenoxy) is 1. The van der Waals surface area contributed by atoms with Crippen LogP contribution in [0.4, 0.5) is 4.79 Å². The van der Waals surface area contributed by atoms with E-state index in [2.05, 4.69) is 18.8 Å². The maximum Gasteiger partial charge on any atom is 0.410 e. The summed E-state index contributed by atoms with van der Waals surface area (Å²) in [7, 11) is 0. The lowest BCUT2D eigenvalue weighted by atomic mass is 9.90. The second kappa shape index (κ2) is 6.26. The van der Waals surface area contributed by atoms with Crippen LogP contribution in [0.15, 0.2) is 18.3 Å². The summed E-state index contributed by atoms with van der Waals surface area (Å²) in [4.78, 5) is 31.2. The lowest BCUT2D eigenvalue weighted by Gasteiger charge is -2.37. The average molecular weight is 319 g/mol. The van der Waals surface area contributed by atoms with E-state index in [0.717, 1.165) is 12.8 Å². The van der Waals surface area contributed by atoms with Gasteiger partial charge in [-0.3, -0.25) is 4.79 Å². The highest BCUT2D eigenvalue weighted by Crippen LogP contribution is 2.35. The largest absolute Gasteiger partial charge is 0.441 e. The Morgan fingerprint density at radius 1 is 1.43 bits per heavy atom. The molecule has 1 spiro atoms. The van der Waals surface area contributed by atoms with Gasteiger partial charge in [-0.05, 0) is 25.5 Å².